The van der Waals surface area contributed by atoms with Crippen LogP contribution in [0.25, 0.3) is 5.69 Å². The maximum Gasteiger partial charge on any atom is 0.418 e. The second-order valence-electron chi connectivity index (χ2n) is 8.90. The molecule has 2 aliphatic rings. The number of halogens is 3. The Morgan fingerprint density at radius 3 is 2.64 bits per heavy atom. The number of hydrogen-bond acceptors (Lipinski definition) is 6. The molecule has 3 aromatic rings. The van der Waals surface area contributed by atoms with Crippen molar-refractivity contribution >= 4 is 11.7 Å². The van der Waals surface area contributed by atoms with Gasteiger partial charge in [-0.2, -0.15) is 13.2 Å². The fourth-order valence-corrected chi connectivity index (χ4v) is 5.12. The van der Waals surface area contributed by atoms with E-state index in [0.29, 0.717) is 36.2 Å². The van der Waals surface area contributed by atoms with Crippen molar-refractivity contribution in [2.24, 2.45) is 5.92 Å². The van der Waals surface area contributed by atoms with Crippen molar-refractivity contribution in [3.8, 4) is 5.69 Å². The van der Waals surface area contributed by atoms with Gasteiger partial charge in [-0.05, 0) is 43.9 Å². The molecule has 2 fully saturated rings. The minimum absolute atomic E-state index is 0.00663. The minimum Gasteiger partial charge on any atom is -0.423 e. The quantitative estimate of drug-likeness (QED) is 0.627. The van der Waals surface area contributed by atoms with Crippen LogP contribution < -0.4 is 5.32 Å². The summed E-state index contributed by atoms with van der Waals surface area (Å²) in [7, 11) is 0. The fraction of sp³-hybridized carbons (Fsp3) is 0.476. The summed E-state index contributed by atoms with van der Waals surface area (Å²) in [5.41, 5.74) is -1.12. The number of benzene rings is 1. The Bertz CT molecular complexity index is 1220. The summed E-state index contributed by atoms with van der Waals surface area (Å²) in [6.07, 6.45) is -0.983. The van der Waals surface area contributed by atoms with E-state index in [1.54, 1.807) is 18.7 Å². The number of urea groups is 1. The Kier molecular flexibility index (Phi) is 4.73. The third-order valence-electron chi connectivity index (χ3n) is 6.31. The van der Waals surface area contributed by atoms with Gasteiger partial charge in [0.05, 0.1) is 23.1 Å². The van der Waals surface area contributed by atoms with E-state index < -0.39 is 23.3 Å². The van der Waals surface area contributed by atoms with Crippen molar-refractivity contribution in [1.29, 1.82) is 0 Å². The smallest absolute Gasteiger partial charge is 0.418 e. The molecule has 174 valence electrons. The highest BCUT2D eigenvalue weighted by Crippen LogP contribution is 2.55. The van der Waals surface area contributed by atoms with E-state index in [1.807, 2.05) is 0 Å². The van der Waals surface area contributed by atoms with Gasteiger partial charge < -0.3 is 14.6 Å². The highest BCUT2D eigenvalue weighted by atomic mass is 19.4. The van der Waals surface area contributed by atoms with Gasteiger partial charge in [0.2, 0.25) is 11.8 Å². The average Bonchev–Trinajstić information content (AvgIpc) is 3.35. The van der Waals surface area contributed by atoms with Gasteiger partial charge in [-0.3, -0.25) is 0 Å². The van der Waals surface area contributed by atoms with Gasteiger partial charge in [-0.15, -0.1) is 15.3 Å². The van der Waals surface area contributed by atoms with Gasteiger partial charge in [0.25, 0.3) is 0 Å². The Morgan fingerprint density at radius 2 is 2.00 bits per heavy atom. The number of alkyl halides is 3. The fourth-order valence-electron chi connectivity index (χ4n) is 5.12. The second kappa shape index (κ2) is 7.29. The van der Waals surface area contributed by atoms with Gasteiger partial charge >= 0.3 is 12.2 Å². The van der Waals surface area contributed by atoms with Crippen LogP contribution in [0, 0.1) is 19.8 Å². The molecule has 2 saturated heterocycles. The predicted molar refractivity (Wildman–Crippen MR) is 109 cm³/mol. The SMILES string of the molecule is Cc1cn(-c2cc(NC(=O)N3C4CC(C)CC3(c3nnc(C)o3)C4)ccc2C(F)(F)F)nn1. The maximum absolute atomic E-state index is 13.6. The molecular formula is C21H22F3N7O2. The van der Waals surface area contributed by atoms with Crippen molar-refractivity contribution in [1.82, 2.24) is 30.1 Å². The number of rotatable bonds is 3. The van der Waals surface area contributed by atoms with E-state index in [-0.39, 0.29) is 17.4 Å². The van der Waals surface area contributed by atoms with Crippen molar-refractivity contribution in [3.05, 3.63) is 47.4 Å². The molecule has 1 aromatic carbocycles. The van der Waals surface area contributed by atoms with E-state index in [9.17, 15) is 18.0 Å². The van der Waals surface area contributed by atoms with Crippen molar-refractivity contribution in [2.75, 3.05) is 5.32 Å². The number of nitrogens with zero attached hydrogens (tertiary/aromatic N) is 6. The summed E-state index contributed by atoms with van der Waals surface area (Å²) in [5.74, 6) is 1.18. The van der Waals surface area contributed by atoms with E-state index >= 15 is 0 Å². The number of carbonyl (C=O) groups is 1. The van der Waals surface area contributed by atoms with E-state index in [1.165, 1.54) is 18.3 Å². The molecule has 2 aliphatic heterocycles. The molecule has 33 heavy (non-hydrogen) atoms. The summed E-state index contributed by atoms with van der Waals surface area (Å²) >= 11 is 0. The third kappa shape index (κ3) is 3.53. The van der Waals surface area contributed by atoms with Crippen LogP contribution >= 0.6 is 0 Å². The monoisotopic (exact) mass is 461 g/mol. The van der Waals surface area contributed by atoms with Crippen LogP contribution in [0.3, 0.4) is 0 Å². The topological polar surface area (TPSA) is 102 Å². The number of aryl methyl sites for hydroxylation is 2. The number of carbonyl (C=O) groups excluding carboxylic acids is 1. The average molecular weight is 461 g/mol. The Hall–Kier alpha value is -3.44. The molecule has 3 unspecified atom stereocenters. The number of fused-ring (bicyclic) bond motifs is 2. The van der Waals surface area contributed by atoms with Crippen molar-refractivity contribution in [3.63, 3.8) is 0 Å². The lowest BCUT2D eigenvalue weighted by Crippen LogP contribution is -2.70. The predicted octanol–water partition coefficient (Wildman–Crippen LogP) is 4.22. The van der Waals surface area contributed by atoms with Crippen LogP contribution in [0.4, 0.5) is 23.7 Å². The first-order valence-corrected chi connectivity index (χ1v) is 10.6. The molecule has 4 heterocycles. The first kappa shape index (κ1) is 21.4. The van der Waals surface area contributed by atoms with Crippen LogP contribution in [0.5, 0.6) is 0 Å². The standard InChI is InChI=1S/C21H22F3N7O2/c1-11-6-15-9-20(8-11,18-28-27-13(3)33-18)31(15)19(32)25-14-4-5-16(21(22,23)24)17(7-14)30-10-12(2)26-29-30/h4-5,7,10-11,15H,6,8-9H2,1-3H3,(H,25,32). The van der Waals surface area contributed by atoms with E-state index in [0.717, 1.165) is 17.2 Å². The summed E-state index contributed by atoms with van der Waals surface area (Å²) in [6, 6.07) is 2.98. The van der Waals surface area contributed by atoms with E-state index in [2.05, 4.69) is 32.7 Å². The van der Waals surface area contributed by atoms with Gasteiger partial charge in [-0.25, -0.2) is 9.48 Å². The van der Waals surface area contributed by atoms with Gasteiger partial charge in [0.15, 0.2) is 0 Å². The molecule has 1 N–H and O–H groups in total. The molecule has 3 atom stereocenters. The van der Waals surface area contributed by atoms with Crippen LogP contribution in [0.1, 0.15) is 49.2 Å². The lowest BCUT2D eigenvalue weighted by Gasteiger charge is -2.61. The number of nitrogens with one attached hydrogen (secondary N) is 1. The summed E-state index contributed by atoms with van der Waals surface area (Å²) < 4.78 is 47.5. The number of hydrogen-bond donors (Lipinski definition) is 1. The molecule has 0 spiro atoms. The van der Waals surface area contributed by atoms with Crippen LogP contribution in [0.15, 0.2) is 28.8 Å². The zero-order chi connectivity index (χ0) is 23.5. The first-order chi connectivity index (χ1) is 15.6. The Morgan fingerprint density at radius 1 is 1.21 bits per heavy atom. The highest BCUT2D eigenvalue weighted by molar-refractivity contribution is 5.91. The molecule has 0 radical (unpaired) electrons. The normalized spacial score (nSPS) is 24.5. The molecule has 0 aliphatic carbocycles. The summed E-state index contributed by atoms with van der Waals surface area (Å²) in [4.78, 5) is 15.0. The Balaban J connectivity index is 1.46. The number of aromatic nitrogens is 5. The van der Waals surface area contributed by atoms with Gasteiger partial charge in [0.1, 0.15) is 5.54 Å². The molecule has 2 amide bonds. The molecule has 0 saturated carbocycles. The minimum atomic E-state index is -4.60. The molecule has 2 aromatic heterocycles. The molecule has 12 heteroatoms. The van der Waals surface area contributed by atoms with Gasteiger partial charge in [0, 0.05) is 25.1 Å². The summed E-state index contributed by atoms with van der Waals surface area (Å²) in [6.45, 7) is 5.43. The lowest BCUT2D eigenvalue weighted by atomic mass is 9.64. The Labute approximate surface area is 187 Å². The van der Waals surface area contributed by atoms with Gasteiger partial charge in [-0.1, -0.05) is 12.1 Å². The molecule has 9 nitrogen and oxygen atoms in total. The van der Waals surface area contributed by atoms with Crippen molar-refractivity contribution < 1.29 is 22.4 Å². The molecule has 5 rings (SSSR count). The third-order valence-corrected chi connectivity index (χ3v) is 6.31. The second-order valence-corrected chi connectivity index (χ2v) is 8.90. The maximum atomic E-state index is 13.6. The number of amides is 2. The molecular weight excluding hydrogens is 439 g/mol. The zero-order valence-electron chi connectivity index (χ0n) is 18.2. The highest BCUT2D eigenvalue weighted by Gasteiger charge is 2.62. The van der Waals surface area contributed by atoms with Crippen molar-refractivity contribution in [2.45, 2.75) is 57.8 Å². The van der Waals surface area contributed by atoms with E-state index in [4.69, 9.17) is 4.42 Å². The largest absolute Gasteiger partial charge is 0.423 e. The first-order valence-electron chi connectivity index (χ1n) is 10.6. The van der Waals surface area contributed by atoms with Crippen LogP contribution in [-0.4, -0.2) is 42.2 Å². The molecule has 2 bridgehead atoms. The zero-order valence-corrected chi connectivity index (χ0v) is 18.2. The number of piperidine rings is 1. The number of anilines is 1. The van der Waals surface area contributed by atoms with Crippen LogP contribution in [-0.2, 0) is 11.7 Å². The summed E-state index contributed by atoms with van der Waals surface area (Å²) in [5, 5.41) is 18.4. The lowest BCUT2D eigenvalue weighted by molar-refractivity contribution is -0.137. The van der Waals surface area contributed by atoms with Crippen LogP contribution in [0.2, 0.25) is 0 Å².